The Morgan fingerprint density at radius 1 is 1.17 bits per heavy atom. The van der Waals surface area contributed by atoms with Crippen molar-refractivity contribution in [3.8, 4) is 5.75 Å². The lowest BCUT2D eigenvalue weighted by atomic mass is 10.1. The SMILES string of the molecule is CC[C@H](C(=O)NC(C)C)N(Cc1ccccc1)C(=O)COc1ccc(Cl)cc1Br. The number of carbonyl (C=O) groups excluding carboxylic acids is 2. The van der Waals surface area contributed by atoms with Crippen molar-refractivity contribution in [2.45, 2.75) is 45.8 Å². The van der Waals surface area contributed by atoms with Gasteiger partial charge in [-0.3, -0.25) is 9.59 Å². The standard InChI is InChI=1S/C22H26BrClN2O3/c1-4-19(22(28)25-15(2)3)26(13-16-8-6-5-7-9-16)21(27)14-29-20-11-10-17(24)12-18(20)23/h5-12,15,19H,4,13-14H2,1-3H3,(H,25,28)/t19-/m1/s1. The molecule has 5 nitrogen and oxygen atoms in total. The van der Waals surface area contributed by atoms with Gasteiger partial charge in [-0.1, -0.05) is 48.9 Å². The Bertz CT molecular complexity index is 830. The summed E-state index contributed by atoms with van der Waals surface area (Å²) in [5.41, 5.74) is 0.948. The van der Waals surface area contributed by atoms with Crippen molar-refractivity contribution in [3.05, 3.63) is 63.6 Å². The van der Waals surface area contributed by atoms with Gasteiger partial charge in [0.15, 0.2) is 6.61 Å². The zero-order chi connectivity index (χ0) is 21.4. The first-order chi connectivity index (χ1) is 13.8. The summed E-state index contributed by atoms with van der Waals surface area (Å²) in [4.78, 5) is 27.4. The second-order valence-corrected chi connectivity index (χ2v) is 8.25. The van der Waals surface area contributed by atoms with E-state index in [2.05, 4.69) is 21.2 Å². The van der Waals surface area contributed by atoms with Gasteiger partial charge in [-0.05, 0) is 60.0 Å². The molecule has 2 rings (SSSR count). The minimum atomic E-state index is -0.581. The van der Waals surface area contributed by atoms with Gasteiger partial charge in [0.2, 0.25) is 5.91 Å². The summed E-state index contributed by atoms with van der Waals surface area (Å²) in [7, 11) is 0. The number of benzene rings is 2. The molecule has 0 aliphatic rings. The van der Waals surface area contributed by atoms with Gasteiger partial charge in [0.25, 0.3) is 5.91 Å². The molecule has 0 aliphatic carbocycles. The van der Waals surface area contributed by atoms with Crippen LogP contribution in [-0.2, 0) is 16.1 Å². The quantitative estimate of drug-likeness (QED) is 0.559. The molecule has 1 N–H and O–H groups in total. The number of nitrogens with one attached hydrogen (secondary N) is 1. The molecule has 156 valence electrons. The summed E-state index contributed by atoms with van der Waals surface area (Å²) in [6, 6.07) is 14.1. The normalized spacial score (nSPS) is 11.8. The van der Waals surface area contributed by atoms with E-state index in [1.807, 2.05) is 51.1 Å². The molecular weight excluding hydrogens is 456 g/mol. The molecule has 0 unspecified atom stereocenters. The van der Waals surface area contributed by atoms with Crippen LogP contribution in [0.25, 0.3) is 0 Å². The highest BCUT2D eigenvalue weighted by molar-refractivity contribution is 9.10. The van der Waals surface area contributed by atoms with Crippen molar-refractivity contribution in [2.24, 2.45) is 0 Å². The van der Waals surface area contributed by atoms with Gasteiger partial charge < -0.3 is 15.0 Å². The number of ether oxygens (including phenoxy) is 1. The van der Waals surface area contributed by atoms with Gasteiger partial charge in [-0.15, -0.1) is 0 Å². The van der Waals surface area contributed by atoms with Crippen LogP contribution in [0.1, 0.15) is 32.8 Å². The first-order valence-electron chi connectivity index (χ1n) is 9.53. The fourth-order valence-electron chi connectivity index (χ4n) is 2.89. The molecule has 0 heterocycles. The predicted octanol–water partition coefficient (Wildman–Crippen LogP) is 4.81. The molecule has 1 atom stereocenters. The maximum Gasteiger partial charge on any atom is 0.261 e. The van der Waals surface area contributed by atoms with E-state index in [0.29, 0.717) is 28.2 Å². The van der Waals surface area contributed by atoms with E-state index in [4.69, 9.17) is 16.3 Å². The average Bonchev–Trinajstić information content (AvgIpc) is 2.67. The summed E-state index contributed by atoms with van der Waals surface area (Å²) in [5, 5.41) is 3.48. The molecular formula is C22H26BrClN2O3. The van der Waals surface area contributed by atoms with Crippen molar-refractivity contribution in [2.75, 3.05) is 6.61 Å². The molecule has 7 heteroatoms. The lowest BCUT2D eigenvalue weighted by Gasteiger charge is -2.31. The minimum Gasteiger partial charge on any atom is -0.483 e. The van der Waals surface area contributed by atoms with E-state index in [1.54, 1.807) is 23.1 Å². The summed E-state index contributed by atoms with van der Waals surface area (Å²) < 4.78 is 6.36. The van der Waals surface area contributed by atoms with Crippen LogP contribution in [0, 0.1) is 0 Å². The molecule has 0 aromatic heterocycles. The Kier molecular flexibility index (Phi) is 8.99. The van der Waals surface area contributed by atoms with Crippen LogP contribution in [0.3, 0.4) is 0 Å². The van der Waals surface area contributed by atoms with Gasteiger partial charge in [0.1, 0.15) is 11.8 Å². The zero-order valence-electron chi connectivity index (χ0n) is 16.8. The number of hydrogen-bond acceptors (Lipinski definition) is 3. The van der Waals surface area contributed by atoms with Gasteiger partial charge in [-0.25, -0.2) is 0 Å². The summed E-state index contributed by atoms with van der Waals surface area (Å²) in [6.45, 7) is 5.84. The highest BCUT2D eigenvalue weighted by atomic mass is 79.9. The summed E-state index contributed by atoms with van der Waals surface area (Å²) in [5.74, 6) is 0.0861. The Morgan fingerprint density at radius 3 is 2.45 bits per heavy atom. The molecule has 0 spiro atoms. The first-order valence-corrected chi connectivity index (χ1v) is 10.7. The second-order valence-electron chi connectivity index (χ2n) is 6.96. The fraction of sp³-hybridized carbons (Fsp3) is 0.364. The lowest BCUT2D eigenvalue weighted by Crippen LogP contribution is -2.51. The van der Waals surface area contributed by atoms with Gasteiger partial charge in [0.05, 0.1) is 4.47 Å². The largest absolute Gasteiger partial charge is 0.483 e. The monoisotopic (exact) mass is 480 g/mol. The summed E-state index contributed by atoms with van der Waals surface area (Å²) in [6.07, 6.45) is 0.502. The molecule has 0 bridgehead atoms. The predicted molar refractivity (Wildman–Crippen MR) is 119 cm³/mol. The van der Waals surface area contributed by atoms with E-state index >= 15 is 0 Å². The van der Waals surface area contributed by atoms with Crippen molar-refractivity contribution in [1.29, 1.82) is 0 Å². The average molecular weight is 482 g/mol. The van der Waals surface area contributed by atoms with Gasteiger partial charge >= 0.3 is 0 Å². The highest BCUT2D eigenvalue weighted by Crippen LogP contribution is 2.28. The number of carbonyl (C=O) groups is 2. The first kappa shape index (κ1) is 23.2. The molecule has 2 amide bonds. The Hall–Kier alpha value is -2.05. The lowest BCUT2D eigenvalue weighted by molar-refractivity contribution is -0.143. The van der Waals surface area contributed by atoms with Gasteiger partial charge in [0, 0.05) is 17.6 Å². The van der Waals surface area contributed by atoms with Crippen LogP contribution in [0.2, 0.25) is 5.02 Å². The molecule has 0 aliphatic heterocycles. The Morgan fingerprint density at radius 2 is 1.86 bits per heavy atom. The number of hydrogen-bond donors (Lipinski definition) is 1. The Balaban J connectivity index is 2.20. The smallest absolute Gasteiger partial charge is 0.261 e. The van der Waals surface area contributed by atoms with Crippen molar-refractivity contribution in [1.82, 2.24) is 10.2 Å². The molecule has 2 aromatic rings. The second kappa shape index (κ2) is 11.2. The third-order valence-corrected chi connectivity index (χ3v) is 5.11. The third-order valence-electron chi connectivity index (χ3n) is 4.26. The fourth-order valence-corrected chi connectivity index (χ4v) is 3.69. The maximum absolute atomic E-state index is 13.1. The zero-order valence-corrected chi connectivity index (χ0v) is 19.2. The van der Waals surface area contributed by atoms with Crippen LogP contribution in [0.5, 0.6) is 5.75 Å². The van der Waals surface area contributed by atoms with Crippen LogP contribution >= 0.6 is 27.5 Å². The third kappa shape index (κ3) is 7.05. The van der Waals surface area contributed by atoms with Crippen LogP contribution in [-0.4, -0.2) is 35.4 Å². The Labute approximate surface area is 185 Å². The summed E-state index contributed by atoms with van der Waals surface area (Å²) >= 11 is 9.33. The number of amides is 2. The number of nitrogens with zero attached hydrogens (tertiary/aromatic N) is 1. The van der Waals surface area contributed by atoms with Crippen molar-refractivity contribution in [3.63, 3.8) is 0 Å². The number of halogens is 2. The molecule has 0 saturated heterocycles. The molecule has 0 fully saturated rings. The maximum atomic E-state index is 13.1. The molecule has 0 radical (unpaired) electrons. The van der Waals surface area contributed by atoms with E-state index in [0.717, 1.165) is 5.56 Å². The van der Waals surface area contributed by atoms with Crippen molar-refractivity contribution < 1.29 is 14.3 Å². The van der Waals surface area contributed by atoms with Gasteiger partial charge in [-0.2, -0.15) is 0 Å². The van der Waals surface area contributed by atoms with Crippen LogP contribution in [0.4, 0.5) is 0 Å². The van der Waals surface area contributed by atoms with Crippen LogP contribution < -0.4 is 10.1 Å². The van der Waals surface area contributed by atoms with E-state index in [9.17, 15) is 9.59 Å². The molecule has 2 aromatic carbocycles. The minimum absolute atomic E-state index is 0.00787. The van der Waals surface area contributed by atoms with E-state index < -0.39 is 6.04 Å². The molecule has 29 heavy (non-hydrogen) atoms. The topological polar surface area (TPSA) is 58.6 Å². The highest BCUT2D eigenvalue weighted by Gasteiger charge is 2.29. The number of rotatable bonds is 9. The molecule has 0 saturated carbocycles. The van der Waals surface area contributed by atoms with Crippen LogP contribution in [0.15, 0.2) is 53.0 Å². The van der Waals surface area contributed by atoms with E-state index in [-0.39, 0.29) is 24.5 Å². The van der Waals surface area contributed by atoms with Crippen molar-refractivity contribution >= 4 is 39.3 Å². The van der Waals surface area contributed by atoms with E-state index in [1.165, 1.54) is 0 Å².